The average Bonchev–Trinajstić information content (AvgIpc) is 2.35. The van der Waals surface area contributed by atoms with Crippen LogP contribution in [-0.4, -0.2) is 52.9 Å². The molecule has 0 atom stereocenters. The van der Waals surface area contributed by atoms with E-state index in [1.165, 1.54) is 12.8 Å². The fraction of sp³-hybridized carbons (Fsp3) is 0.846. The summed E-state index contributed by atoms with van der Waals surface area (Å²) in [4.78, 5) is 0. The predicted molar refractivity (Wildman–Crippen MR) is 76.6 cm³/mol. The lowest BCUT2D eigenvalue weighted by Crippen LogP contribution is -2.22. The van der Waals surface area contributed by atoms with Crippen LogP contribution < -0.4 is 21.3 Å². The highest BCUT2D eigenvalue weighted by atomic mass is 14.9. The summed E-state index contributed by atoms with van der Waals surface area (Å²) < 4.78 is 0. The zero-order chi connectivity index (χ0) is 12.6. The van der Waals surface area contributed by atoms with Crippen molar-refractivity contribution in [2.24, 2.45) is 0 Å². The van der Waals surface area contributed by atoms with Gasteiger partial charge in [0.05, 0.1) is 0 Å². The molecule has 0 saturated heterocycles. The molecule has 0 radical (unpaired) electrons. The molecule has 4 heteroatoms. The molecule has 102 valence electrons. The Morgan fingerprint density at radius 3 is 1.82 bits per heavy atom. The quantitative estimate of drug-likeness (QED) is 0.278. The summed E-state index contributed by atoms with van der Waals surface area (Å²) in [5.74, 6) is 0. The second kappa shape index (κ2) is 15.6. The third kappa shape index (κ3) is 15.6. The lowest BCUT2D eigenvalue weighted by molar-refractivity contribution is 0.627. The summed E-state index contributed by atoms with van der Waals surface area (Å²) in [7, 11) is 1.99. The van der Waals surface area contributed by atoms with E-state index in [0.717, 1.165) is 45.8 Å². The van der Waals surface area contributed by atoms with Gasteiger partial charge in [-0.15, -0.1) is 0 Å². The topological polar surface area (TPSA) is 48.1 Å². The third-order valence-electron chi connectivity index (χ3n) is 2.43. The molecule has 0 spiro atoms. The molecule has 0 unspecified atom stereocenters. The first-order chi connectivity index (χ1) is 8.41. The minimum absolute atomic E-state index is 0.975. The fourth-order valence-electron chi connectivity index (χ4n) is 1.44. The van der Waals surface area contributed by atoms with Crippen LogP contribution in [0.15, 0.2) is 12.2 Å². The van der Waals surface area contributed by atoms with Crippen LogP contribution in [0.1, 0.15) is 19.8 Å². The maximum absolute atomic E-state index is 3.39. The fourth-order valence-corrected chi connectivity index (χ4v) is 1.44. The molecule has 0 bridgehead atoms. The Balaban J connectivity index is 2.99. The second-order valence-electron chi connectivity index (χ2n) is 4.04. The van der Waals surface area contributed by atoms with E-state index in [9.17, 15) is 0 Å². The minimum Gasteiger partial charge on any atom is -0.320 e. The van der Waals surface area contributed by atoms with Gasteiger partial charge in [-0.05, 0) is 52.6 Å². The van der Waals surface area contributed by atoms with Gasteiger partial charge in [-0.2, -0.15) is 0 Å². The highest BCUT2D eigenvalue weighted by Gasteiger charge is 1.86. The molecule has 0 aromatic carbocycles. The zero-order valence-corrected chi connectivity index (χ0v) is 11.5. The smallest absolute Gasteiger partial charge is 0.0135 e. The number of hydrogen-bond donors (Lipinski definition) is 4. The third-order valence-corrected chi connectivity index (χ3v) is 2.43. The normalized spacial score (nSPS) is 11.4. The number of nitrogens with one attached hydrogen (secondary N) is 4. The lowest BCUT2D eigenvalue weighted by atomic mass is 10.4. The van der Waals surface area contributed by atoms with Gasteiger partial charge in [0.2, 0.25) is 0 Å². The summed E-state index contributed by atoms with van der Waals surface area (Å²) in [5, 5.41) is 13.2. The molecule has 0 aliphatic heterocycles. The maximum atomic E-state index is 3.39. The summed E-state index contributed by atoms with van der Waals surface area (Å²) in [6, 6.07) is 0. The van der Waals surface area contributed by atoms with Crippen molar-refractivity contribution in [3.05, 3.63) is 12.2 Å². The van der Waals surface area contributed by atoms with Gasteiger partial charge in [0.1, 0.15) is 0 Å². The predicted octanol–water partition coefficient (Wildman–Crippen LogP) is 0.331. The van der Waals surface area contributed by atoms with Crippen LogP contribution in [0.3, 0.4) is 0 Å². The van der Waals surface area contributed by atoms with Crippen molar-refractivity contribution in [3.63, 3.8) is 0 Å². The van der Waals surface area contributed by atoms with E-state index in [-0.39, 0.29) is 0 Å². The second-order valence-corrected chi connectivity index (χ2v) is 4.04. The molecule has 0 aromatic heterocycles. The minimum atomic E-state index is 0.975. The van der Waals surface area contributed by atoms with Crippen LogP contribution in [0.25, 0.3) is 0 Å². The summed E-state index contributed by atoms with van der Waals surface area (Å²) in [6.07, 6.45) is 6.77. The van der Waals surface area contributed by atoms with E-state index in [1.54, 1.807) is 0 Å². The Labute approximate surface area is 107 Å². The summed E-state index contributed by atoms with van der Waals surface area (Å²) >= 11 is 0. The van der Waals surface area contributed by atoms with Crippen molar-refractivity contribution in [1.29, 1.82) is 0 Å². The standard InChI is InChI=1S/C13H30N4/c1-3-15-11-7-13-17-10-5-4-9-16-12-6-8-14-2/h4-5,14-17H,3,6-13H2,1-2H3/b5-4+. The molecule has 0 amide bonds. The molecule has 0 rings (SSSR count). The Morgan fingerprint density at radius 2 is 1.29 bits per heavy atom. The van der Waals surface area contributed by atoms with Crippen molar-refractivity contribution < 1.29 is 0 Å². The van der Waals surface area contributed by atoms with E-state index in [0.29, 0.717) is 0 Å². The van der Waals surface area contributed by atoms with E-state index in [1.807, 2.05) is 7.05 Å². The summed E-state index contributed by atoms with van der Waals surface area (Å²) in [6.45, 7) is 9.53. The van der Waals surface area contributed by atoms with E-state index in [2.05, 4.69) is 40.3 Å². The Morgan fingerprint density at radius 1 is 0.765 bits per heavy atom. The van der Waals surface area contributed by atoms with Crippen LogP contribution in [0.2, 0.25) is 0 Å². The van der Waals surface area contributed by atoms with Crippen LogP contribution in [0, 0.1) is 0 Å². The monoisotopic (exact) mass is 242 g/mol. The largest absolute Gasteiger partial charge is 0.320 e. The van der Waals surface area contributed by atoms with Gasteiger partial charge in [0, 0.05) is 13.1 Å². The molecule has 0 aromatic rings. The van der Waals surface area contributed by atoms with Crippen molar-refractivity contribution in [3.8, 4) is 0 Å². The van der Waals surface area contributed by atoms with E-state index < -0.39 is 0 Å². The molecular weight excluding hydrogens is 212 g/mol. The van der Waals surface area contributed by atoms with Crippen LogP contribution in [0.5, 0.6) is 0 Å². The van der Waals surface area contributed by atoms with E-state index >= 15 is 0 Å². The molecule has 4 N–H and O–H groups in total. The molecule has 4 nitrogen and oxygen atoms in total. The first-order valence-electron chi connectivity index (χ1n) is 6.83. The van der Waals surface area contributed by atoms with Crippen molar-refractivity contribution in [2.45, 2.75) is 19.8 Å². The highest BCUT2D eigenvalue weighted by molar-refractivity contribution is 4.85. The summed E-state index contributed by atoms with van der Waals surface area (Å²) in [5.41, 5.74) is 0. The maximum Gasteiger partial charge on any atom is 0.0135 e. The highest BCUT2D eigenvalue weighted by Crippen LogP contribution is 1.76. The van der Waals surface area contributed by atoms with Crippen molar-refractivity contribution in [2.75, 3.05) is 52.9 Å². The van der Waals surface area contributed by atoms with Crippen molar-refractivity contribution in [1.82, 2.24) is 21.3 Å². The van der Waals surface area contributed by atoms with Crippen LogP contribution in [-0.2, 0) is 0 Å². The molecule has 0 fully saturated rings. The molecule has 0 aliphatic carbocycles. The first kappa shape index (κ1) is 16.6. The number of rotatable bonds is 13. The van der Waals surface area contributed by atoms with Gasteiger partial charge in [0.25, 0.3) is 0 Å². The van der Waals surface area contributed by atoms with Gasteiger partial charge in [-0.25, -0.2) is 0 Å². The zero-order valence-electron chi connectivity index (χ0n) is 11.5. The molecule has 0 heterocycles. The molecule has 17 heavy (non-hydrogen) atoms. The lowest BCUT2D eigenvalue weighted by Gasteiger charge is -2.02. The van der Waals surface area contributed by atoms with Gasteiger partial charge in [0.15, 0.2) is 0 Å². The van der Waals surface area contributed by atoms with Gasteiger partial charge in [-0.1, -0.05) is 19.1 Å². The Hall–Kier alpha value is -0.420. The molecule has 0 aliphatic rings. The van der Waals surface area contributed by atoms with Crippen LogP contribution in [0.4, 0.5) is 0 Å². The Kier molecular flexibility index (Phi) is 15.2. The average molecular weight is 242 g/mol. The van der Waals surface area contributed by atoms with Crippen LogP contribution >= 0.6 is 0 Å². The number of hydrogen-bond acceptors (Lipinski definition) is 4. The molecule has 0 saturated carbocycles. The van der Waals surface area contributed by atoms with Crippen molar-refractivity contribution >= 4 is 0 Å². The van der Waals surface area contributed by atoms with Gasteiger partial charge in [-0.3, -0.25) is 0 Å². The van der Waals surface area contributed by atoms with Gasteiger partial charge >= 0.3 is 0 Å². The molecular formula is C13H30N4. The van der Waals surface area contributed by atoms with Gasteiger partial charge < -0.3 is 21.3 Å². The SMILES string of the molecule is CCNCCCNC/C=C/CNCCCNC. The first-order valence-corrected chi connectivity index (χ1v) is 6.83. The van der Waals surface area contributed by atoms with E-state index in [4.69, 9.17) is 0 Å². The Bertz CT molecular complexity index is 159.